The quantitative estimate of drug-likeness (QED) is 0.501. The van der Waals surface area contributed by atoms with Crippen LogP contribution in [-0.4, -0.2) is 16.7 Å². The third-order valence-electron chi connectivity index (χ3n) is 5.05. The molecule has 0 fully saturated rings. The molecule has 1 amide bonds. The Balaban J connectivity index is 1.64. The maximum atomic E-state index is 12.0. The van der Waals surface area contributed by atoms with Gasteiger partial charge >= 0.3 is 0 Å². The molecular formula is C21H20N4OS2. The van der Waals surface area contributed by atoms with E-state index in [0.29, 0.717) is 4.88 Å². The van der Waals surface area contributed by atoms with Gasteiger partial charge in [-0.1, -0.05) is 6.07 Å². The molecule has 0 spiro atoms. The fourth-order valence-electron chi connectivity index (χ4n) is 3.68. The van der Waals surface area contributed by atoms with Crippen molar-refractivity contribution < 1.29 is 4.79 Å². The van der Waals surface area contributed by atoms with Gasteiger partial charge in [-0.25, -0.2) is 5.43 Å². The van der Waals surface area contributed by atoms with Gasteiger partial charge in [0.1, 0.15) is 11.1 Å². The lowest BCUT2D eigenvalue weighted by Gasteiger charge is -2.10. The highest BCUT2D eigenvalue weighted by atomic mass is 32.1. The van der Waals surface area contributed by atoms with Crippen LogP contribution in [0, 0.1) is 25.2 Å². The van der Waals surface area contributed by atoms with Crippen molar-refractivity contribution in [2.24, 2.45) is 5.10 Å². The molecule has 0 bridgehead atoms. The monoisotopic (exact) mass is 408 g/mol. The number of thiophene rings is 2. The number of rotatable bonds is 4. The molecule has 0 saturated heterocycles. The van der Waals surface area contributed by atoms with Crippen LogP contribution >= 0.6 is 22.7 Å². The first-order valence-corrected chi connectivity index (χ1v) is 10.9. The molecule has 0 aromatic carbocycles. The molecule has 3 heterocycles. The normalized spacial score (nSPS) is 13.5. The Labute approximate surface area is 171 Å². The second-order valence-corrected chi connectivity index (χ2v) is 8.87. The van der Waals surface area contributed by atoms with E-state index in [1.54, 1.807) is 23.6 Å². The summed E-state index contributed by atoms with van der Waals surface area (Å²) in [6, 6.07) is 8.08. The number of hydrogen-bond acceptors (Lipinski definition) is 5. The topological polar surface area (TPSA) is 70.2 Å². The summed E-state index contributed by atoms with van der Waals surface area (Å²) in [4.78, 5) is 14.0. The van der Waals surface area contributed by atoms with E-state index in [4.69, 9.17) is 0 Å². The SMILES string of the molecule is Cc1cc(/C=N\NC(=O)c2cccs2)c(C)n1-c1sc2c(c1C#N)CCCC2. The van der Waals surface area contributed by atoms with Gasteiger partial charge in [0.2, 0.25) is 0 Å². The first-order valence-electron chi connectivity index (χ1n) is 9.21. The van der Waals surface area contributed by atoms with Gasteiger partial charge in [0.15, 0.2) is 0 Å². The van der Waals surface area contributed by atoms with Gasteiger partial charge in [-0.2, -0.15) is 10.4 Å². The molecule has 0 unspecified atom stereocenters. The molecule has 3 aromatic rings. The lowest BCUT2D eigenvalue weighted by Crippen LogP contribution is -2.16. The summed E-state index contributed by atoms with van der Waals surface area (Å²) in [7, 11) is 0. The number of nitriles is 1. The van der Waals surface area contributed by atoms with Gasteiger partial charge in [0.25, 0.3) is 5.91 Å². The van der Waals surface area contributed by atoms with Crippen LogP contribution < -0.4 is 5.43 Å². The Kier molecular flexibility index (Phi) is 5.16. The fraction of sp³-hybridized carbons (Fsp3) is 0.286. The van der Waals surface area contributed by atoms with Crippen molar-refractivity contribution in [2.45, 2.75) is 39.5 Å². The Morgan fingerprint density at radius 1 is 1.36 bits per heavy atom. The van der Waals surface area contributed by atoms with Gasteiger partial charge < -0.3 is 4.57 Å². The molecular weight excluding hydrogens is 388 g/mol. The minimum absolute atomic E-state index is 0.210. The minimum Gasteiger partial charge on any atom is -0.308 e. The van der Waals surface area contributed by atoms with Gasteiger partial charge in [-0.3, -0.25) is 4.79 Å². The summed E-state index contributed by atoms with van der Waals surface area (Å²) in [6.07, 6.45) is 6.09. The molecule has 142 valence electrons. The van der Waals surface area contributed by atoms with Crippen LogP contribution in [0.5, 0.6) is 0 Å². The minimum atomic E-state index is -0.210. The van der Waals surface area contributed by atoms with E-state index in [1.807, 2.05) is 31.4 Å². The number of nitrogens with one attached hydrogen (secondary N) is 1. The van der Waals surface area contributed by atoms with Crippen LogP contribution in [0.15, 0.2) is 28.7 Å². The Morgan fingerprint density at radius 2 is 2.18 bits per heavy atom. The number of hydrogen-bond donors (Lipinski definition) is 1. The van der Waals surface area contributed by atoms with Crippen LogP contribution in [-0.2, 0) is 12.8 Å². The predicted molar refractivity (Wildman–Crippen MR) is 114 cm³/mol. The van der Waals surface area contributed by atoms with Crippen molar-refractivity contribution in [1.29, 1.82) is 5.26 Å². The number of carbonyl (C=O) groups is 1. The maximum absolute atomic E-state index is 12.0. The summed E-state index contributed by atoms with van der Waals surface area (Å²) in [5, 5.41) is 16.8. The Morgan fingerprint density at radius 3 is 2.93 bits per heavy atom. The highest BCUT2D eigenvalue weighted by Gasteiger charge is 2.23. The van der Waals surface area contributed by atoms with E-state index in [0.717, 1.165) is 46.8 Å². The molecule has 3 aromatic heterocycles. The van der Waals surface area contributed by atoms with Crippen molar-refractivity contribution in [2.75, 3.05) is 0 Å². The molecule has 1 aliphatic rings. The van der Waals surface area contributed by atoms with Gasteiger partial charge in [0, 0.05) is 21.8 Å². The molecule has 0 radical (unpaired) electrons. The Hall–Kier alpha value is -2.69. The third kappa shape index (κ3) is 3.30. The maximum Gasteiger partial charge on any atom is 0.281 e. The lowest BCUT2D eigenvalue weighted by atomic mass is 9.96. The van der Waals surface area contributed by atoms with Crippen LogP contribution in [0.2, 0.25) is 0 Å². The van der Waals surface area contributed by atoms with E-state index in [-0.39, 0.29) is 5.91 Å². The van der Waals surface area contributed by atoms with E-state index in [1.165, 1.54) is 28.2 Å². The molecule has 1 aliphatic carbocycles. The highest BCUT2D eigenvalue weighted by Crippen LogP contribution is 2.38. The molecule has 0 saturated carbocycles. The van der Waals surface area contributed by atoms with E-state index in [9.17, 15) is 10.1 Å². The largest absolute Gasteiger partial charge is 0.308 e. The van der Waals surface area contributed by atoms with Crippen LogP contribution in [0.4, 0.5) is 0 Å². The van der Waals surface area contributed by atoms with E-state index >= 15 is 0 Å². The average molecular weight is 409 g/mol. The van der Waals surface area contributed by atoms with Crippen molar-refractivity contribution in [3.63, 3.8) is 0 Å². The molecule has 28 heavy (non-hydrogen) atoms. The number of aromatic nitrogens is 1. The zero-order chi connectivity index (χ0) is 19.7. The zero-order valence-corrected chi connectivity index (χ0v) is 17.4. The standard InChI is InChI=1S/C21H20N4OS2/c1-13-10-15(12-23-24-20(26)19-8-5-9-27-19)14(2)25(13)21-17(11-22)16-6-3-4-7-18(16)28-21/h5,8-10,12H,3-4,6-7H2,1-2H3,(H,24,26)/b23-12-. The highest BCUT2D eigenvalue weighted by molar-refractivity contribution is 7.15. The smallest absolute Gasteiger partial charge is 0.281 e. The van der Waals surface area contributed by atoms with Crippen molar-refractivity contribution in [3.05, 3.63) is 61.4 Å². The lowest BCUT2D eigenvalue weighted by molar-refractivity contribution is 0.0959. The molecule has 7 heteroatoms. The van der Waals surface area contributed by atoms with Crippen LogP contribution in [0.1, 0.15) is 55.5 Å². The molecule has 1 N–H and O–H groups in total. The van der Waals surface area contributed by atoms with Crippen molar-refractivity contribution in [3.8, 4) is 11.1 Å². The van der Waals surface area contributed by atoms with Crippen LogP contribution in [0.25, 0.3) is 5.00 Å². The molecule has 0 atom stereocenters. The summed E-state index contributed by atoms with van der Waals surface area (Å²) in [5.74, 6) is -0.210. The number of hydrazone groups is 1. The number of aryl methyl sites for hydroxylation is 2. The van der Waals surface area contributed by atoms with E-state index < -0.39 is 0 Å². The average Bonchev–Trinajstić information content (AvgIpc) is 3.40. The number of amides is 1. The van der Waals surface area contributed by atoms with Crippen LogP contribution in [0.3, 0.4) is 0 Å². The van der Waals surface area contributed by atoms with Crippen molar-refractivity contribution in [1.82, 2.24) is 9.99 Å². The summed E-state index contributed by atoms with van der Waals surface area (Å²) in [6.45, 7) is 4.06. The Bertz CT molecular complexity index is 1100. The van der Waals surface area contributed by atoms with Gasteiger partial charge in [-0.05, 0) is 62.6 Å². The second-order valence-electron chi connectivity index (χ2n) is 6.84. The zero-order valence-electron chi connectivity index (χ0n) is 15.8. The van der Waals surface area contributed by atoms with Crippen molar-refractivity contribution >= 4 is 34.8 Å². The first-order chi connectivity index (χ1) is 13.6. The summed E-state index contributed by atoms with van der Waals surface area (Å²) >= 11 is 3.12. The molecule has 4 rings (SSSR count). The third-order valence-corrected chi connectivity index (χ3v) is 7.20. The van der Waals surface area contributed by atoms with Gasteiger partial charge in [-0.15, -0.1) is 22.7 Å². The summed E-state index contributed by atoms with van der Waals surface area (Å²) < 4.78 is 2.14. The van der Waals surface area contributed by atoms with Gasteiger partial charge in [0.05, 0.1) is 16.7 Å². The number of fused-ring (bicyclic) bond motifs is 1. The van der Waals surface area contributed by atoms with E-state index in [2.05, 4.69) is 21.2 Å². The predicted octanol–water partition coefficient (Wildman–Crippen LogP) is 4.73. The second kappa shape index (κ2) is 7.74. The first kappa shape index (κ1) is 18.7. The summed E-state index contributed by atoms with van der Waals surface area (Å²) in [5.41, 5.74) is 7.62. The number of nitrogens with zero attached hydrogens (tertiary/aromatic N) is 3. The fourth-order valence-corrected chi connectivity index (χ4v) is 5.74. The number of carbonyl (C=O) groups excluding carboxylic acids is 1. The molecule has 5 nitrogen and oxygen atoms in total. The molecule has 0 aliphatic heterocycles.